The minimum atomic E-state index is 0.484. The summed E-state index contributed by atoms with van der Waals surface area (Å²) in [5.74, 6) is 1.00. The molecule has 0 atom stereocenters. The maximum atomic E-state index is 5.63. The second-order valence-corrected chi connectivity index (χ2v) is 4.64. The minimum Gasteiger partial charge on any atom is -0.334 e. The fourth-order valence-electron chi connectivity index (χ4n) is 2.39. The Morgan fingerprint density at radius 1 is 1.18 bits per heavy atom. The molecule has 0 aliphatic rings. The predicted molar refractivity (Wildman–Crippen MR) is 70.7 cm³/mol. The van der Waals surface area contributed by atoms with Gasteiger partial charge < -0.3 is 10.3 Å². The number of benzene rings is 1. The van der Waals surface area contributed by atoms with E-state index in [-0.39, 0.29) is 0 Å². The summed E-state index contributed by atoms with van der Waals surface area (Å²) in [5.41, 5.74) is 11.6. The molecule has 0 aliphatic carbocycles. The van der Waals surface area contributed by atoms with Crippen LogP contribution in [0.4, 0.5) is 0 Å². The molecule has 0 saturated heterocycles. The highest BCUT2D eigenvalue weighted by molar-refractivity contribution is 5.66. The van der Waals surface area contributed by atoms with Crippen LogP contribution < -0.4 is 5.73 Å². The first kappa shape index (κ1) is 11.9. The lowest BCUT2D eigenvalue weighted by Gasteiger charge is -2.10. The molecule has 3 heteroatoms. The third kappa shape index (κ3) is 2.11. The molecule has 2 aromatic rings. The van der Waals surface area contributed by atoms with Gasteiger partial charge in [-0.05, 0) is 31.9 Å². The lowest BCUT2D eigenvalue weighted by atomic mass is 9.99. The van der Waals surface area contributed by atoms with Crippen molar-refractivity contribution in [2.75, 3.05) is 0 Å². The van der Waals surface area contributed by atoms with Gasteiger partial charge in [-0.2, -0.15) is 0 Å². The topological polar surface area (TPSA) is 43.8 Å². The Hall–Kier alpha value is -1.61. The zero-order chi connectivity index (χ0) is 12.6. The summed E-state index contributed by atoms with van der Waals surface area (Å²) in [6.45, 7) is 6.86. The molecule has 0 radical (unpaired) electrons. The van der Waals surface area contributed by atoms with E-state index >= 15 is 0 Å². The highest BCUT2D eigenvalue weighted by atomic mass is 15.1. The van der Waals surface area contributed by atoms with Crippen LogP contribution in [0, 0.1) is 20.8 Å². The molecular weight excluding hydrogens is 210 g/mol. The van der Waals surface area contributed by atoms with Gasteiger partial charge in [-0.1, -0.05) is 17.7 Å². The van der Waals surface area contributed by atoms with Crippen molar-refractivity contribution in [2.24, 2.45) is 12.8 Å². The maximum Gasteiger partial charge on any atom is 0.140 e. The van der Waals surface area contributed by atoms with Crippen LogP contribution in [0.3, 0.4) is 0 Å². The Morgan fingerprint density at radius 2 is 1.76 bits per heavy atom. The van der Waals surface area contributed by atoms with Crippen LogP contribution in [0.2, 0.25) is 0 Å². The van der Waals surface area contributed by atoms with Gasteiger partial charge in [0.25, 0.3) is 0 Å². The number of nitrogens with two attached hydrogens (primary N) is 1. The van der Waals surface area contributed by atoms with Crippen molar-refractivity contribution < 1.29 is 0 Å². The molecule has 0 fully saturated rings. The number of rotatable bonds is 2. The van der Waals surface area contributed by atoms with E-state index in [4.69, 9.17) is 5.73 Å². The van der Waals surface area contributed by atoms with Gasteiger partial charge in [-0.3, -0.25) is 0 Å². The molecule has 17 heavy (non-hydrogen) atoms. The van der Waals surface area contributed by atoms with Crippen LogP contribution in [0.25, 0.3) is 11.4 Å². The summed E-state index contributed by atoms with van der Waals surface area (Å²) in [4.78, 5) is 4.59. The van der Waals surface area contributed by atoms with E-state index in [2.05, 4.69) is 37.9 Å². The van der Waals surface area contributed by atoms with E-state index in [1.54, 1.807) is 0 Å². The molecule has 90 valence electrons. The number of imidazole rings is 1. The molecule has 0 spiro atoms. The molecule has 0 bridgehead atoms. The van der Waals surface area contributed by atoms with Crippen molar-refractivity contribution in [3.05, 3.63) is 40.7 Å². The summed E-state index contributed by atoms with van der Waals surface area (Å²) >= 11 is 0. The minimum absolute atomic E-state index is 0.484. The molecule has 0 saturated carbocycles. The SMILES string of the molecule is Cc1cc(C)c(-c2nc(CN)cn2C)c(C)c1. The average Bonchev–Trinajstić information content (AvgIpc) is 2.59. The van der Waals surface area contributed by atoms with Crippen LogP contribution in [0.1, 0.15) is 22.4 Å². The molecule has 0 aliphatic heterocycles. The van der Waals surface area contributed by atoms with E-state index < -0.39 is 0 Å². The summed E-state index contributed by atoms with van der Waals surface area (Å²) in [7, 11) is 2.01. The van der Waals surface area contributed by atoms with Crippen molar-refractivity contribution in [1.82, 2.24) is 9.55 Å². The normalized spacial score (nSPS) is 10.9. The Morgan fingerprint density at radius 3 is 2.24 bits per heavy atom. The zero-order valence-electron chi connectivity index (χ0n) is 10.9. The number of aryl methyl sites for hydroxylation is 4. The largest absolute Gasteiger partial charge is 0.334 e. The third-order valence-corrected chi connectivity index (χ3v) is 3.04. The molecule has 1 aromatic heterocycles. The van der Waals surface area contributed by atoms with Gasteiger partial charge in [0.1, 0.15) is 5.82 Å². The summed E-state index contributed by atoms with van der Waals surface area (Å²) in [6.07, 6.45) is 1.99. The molecule has 0 unspecified atom stereocenters. The zero-order valence-corrected chi connectivity index (χ0v) is 10.9. The van der Waals surface area contributed by atoms with Crippen LogP contribution in [-0.4, -0.2) is 9.55 Å². The molecule has 0 amide bonds. The Balaban J connectivity index is 2.63. The maximum absolute atomic E-state index is 5.63. The molecular formula is C14H19N3. The van der Waals surface area contributed by atoms with Gasteiger partial charge in [0, 0.05) is 25.4 Å². The van der Waals surface area contributed by atoms with Crippen molar-refractivity contribution in [2.45, 2.75) is 27.3 Å². The van der Waals surface area contributed by atoms with Crippen molar-refractivity contribution >= 4 is 0 Å². The van der Waals surface area contributed by atoms with Gasteiger partial charge in [-0.25, -0.2) is 4.98 Å². The first-order chi connectivity index (χ1) is 8.02. The highest BCUT2D eigenvalue weighted by Gasteiger charge is 2.12. The van der Waals surface area contributed by atoms with Crippen molar-refractivity contribution in [3.63, 3.8) is 0 Å². The van der Waals surface area contributed by atoms with Crippen molar-refractivity contribution in [1.29, 1.82) is 0 Å². The van der Waals surface area contributed by atoms with E-state index in [0.717, 1.165) is 11.5 Å². The monoisotopic (exact) mass is 229 g/mol. The summed E-state index contributed by atoms with van der Waals surface area (Å²) < 4.78 is 2.05. The average molecular weight is 229 g/mol. The number of hydrogen-bond donors (Lipinski definition) is 1. The lowest BCUT2D eigenvalue weighted by molar-refractivity contribution is 0.918. The van der Waals surface area contributed by atoms with Crippen LogP contribution in [0.5, 0.6) is 0 Å². The first-order valence-corrected chi connectivity index (χ1v) is 5.83. The standard InChI is InChI=1S/C14H19N3/c1-9-5-10(2)13(11(3)6-9)14-16-12(7-15)8-17(14)4/h5-6,8H,7,15H2,1-4H3. The van der Waals surface area contributed by atoms with E-state index in [9.17, 15) is 0 Å². The predicted octanol–water partition coefficient (Wildman–Crippen LogP) is 2.47. The molecule has 1 heterocycles. The van der Waals surface area contributed by atoms with Crippen LogP contribution >= 0.6 is 0 Å². The highest BCUT2D eigenvalue weighted by Crippen LogP contribution is 2.27. The third-order valence-electron chi connectivity index (χ3n) is 3.04. The Kier molecular flexibility index (Phi) is 3.03. The Bertz CT molecular complexity index is 530. The fraction of sp³-hybridized carbons (Fsp3) is 0.357. The van der Waals surface area contributed by atoms with E-state index in [1.807, 2.05) is 17.8 Å². The molecule has 3 nitrogen and oxygen atoms in total. The Labute approximate surface area is 102 Å². The van der Waals surface area contributed by atoms with E-state index in [0.29, 0.717) is 6.54 Å². The summed E-state index contributed by atoms with van der Waals surface area (Å²) in [6, 6.07) is 4.39. The van der Waals surface area contributed by atoms with Gasteiger partial charge in [0.2, 0.25) is 0 Å². The number of aromatic nitrogens is 2. The van der Waals surface area contributed by atoms with Crippen LogP contribution in [-0.2, 0) is 13.6 Å². The molecule has 1 aromatic carbocycles. The smallest absolute Gasteiger partial charge is 0.140 e. The molecule has 2 N–H and O–H groups in total. The van der Waals surface area contributed by atoms with Gasteiger partial charge in [0.05, 0.1) is 5.69 Å². The lowest BCUT2D eigenvalue weighted by Crippen LogP contribution is -1.97. The number of nitrogens with zero attached hydrogens (tertiary/aromatic N) is 2. The second-order valence-electron chi connectivity index (χ2n) is 4.64. The van der Waals surface area contributed by atoms with Crippen molar-refractivity contribution in [3.8, 4) is 11.4 Å². The van der Waals surface area contributed by atoms with Gasteiger partial charge in [0.15, 0.2) is 0 Å². The van der Waals surface area contributed by atoms with E-state index in [1.165, 1.54) is 22.3 Å². The fourth-order valence-corrected chi connectivity index (χ4v) is 2.39. The second kappa shape index (κ2) is 4.34. The molecule has 2 rings (SSSR count). The van der Waals surface area contributed by atoms with Gasteiger partial charge >= 0.3 is 0 Å². The first-order valence-electron chi connectivity index (χ1n) is 5.83. The summed E-state index contributed by atoms with van der Waals surface area (Å²) in [5, 5.41) is 0. The van der Waals surface area contributed by atoms with Gasteiger partial charge in [-0.15, -0.1) is 0 Å². The quantitative estimate of drug-likeness (QED) is 0.859. The number of hydrogen-bond acceptors (Lipinski definition) is 2. The van der Waals surface area contributed by atoms with Crippen LogP contribution in [0.15, 0.2) is 18.3 Å².